The Balaban J connectivity index is 2.31. The molecule has 0 saturated heterocycles. The van der Waals surface area contributed by atoms with E-state index < -0.39 is 0 Å². The Bertz CT molecular complexity index is 653. The van der Waals surface area contributed by atoms with Crippen LogP contribution in [0.15, 0.2) is 42.5 Å². The summed E-state index contributed by atoms with van der Waals surface area (Å²) in [4.78, 5) is 24.4. The van der Waals surface area contributed by atoms with Crippen LogP contribution in [0.4, 0.5) is 11.4 Å². The van der Waals surface area contributed by atoms with Crippen molar-refractivity contribution < 1.29 is 9.59 Å². The zero-order valence-corrected chi connectivity index (χ0v) is 11.6. The molecule has 0 spiro atoms. The van der Waals surface area contributed by atoms with Crippen LogP contribution in [0.2, 0.25) is 5.02 Å². The maximum atomic E-state index is 12.3. The van der Waals surface area contributed by atoms with Gasteiger partial charge in [0.25, 0.3) is 0 Å². The number of carbonyl (C=O) groups is 2. The molecule has 0 radical (unpaired) electrons. The fourth-order valence-corrected chi connectivity index (χ4v) is 1.99. The second kappa shape index (κ2) is 5.75. The van der Waals surface area contributed by atoms with Crippen LogP contribution in [0.1, 0.15) is 15.9 Å². The fraction of sp³-hybridized carbons (Fsp3) is 0.0667. The number of hydrogen-bond acceptors (Lipinski definition) is 3. The smallest absolute Gasteiger partial charge is 0.213 e. The third-order valence-electron chi connectivity index (χ3n) is 2.95. The van der Waals surface area contributed by atoms with Gasteiger partial charge in [0.1, 0.15) is 0 Å². The van der Waals surface area contributed by atoms with Gasteiger partial charge in [-0.2, -0.15) is 0 Å². The van der Waals surface area contributed by atoms with Crippen LogP contribution in [-0.4, -0.2) is 19.2 Å². The summed E-state index contributed by atoms with van der Waals surface area (Å²) in [6.07, 6.45) is 0.702. The first-order valence-corrected chi connectivity index (χ1v) is 6.28. The first-order valence-electron chi connectivity index (χ1n) is 5.91. The first kappa shape index (κ1) is 14.1. The average molecular weight is 289 g/mol. The Labute approximate surface area is 121 Å². The van der Waals surface area contributed by atoms with E-state index in [1.54, 1.807) is 49.5 Å². The highest BCUT2D eigenvalue weighted by molar-refractivity contribution is 6.31. The first-order chi connectivity index (χ1) is 9.52. The molecule has 0 aliphatic carbocycles. The third-order valence-corrected chi connectivity index (χ3v) is 3.19. The second-order valence-electron chi connectivity index (χ2n) is 4.32. The number of amides is 1. The van der Waals surface area contributed by atoms with Crippen LogP contribution in [-0.2, 0) is 4.79 Å². The SMILES string of the molecule is CN(C=O)c1ccc(C(=O)c2ccc(Cl)cc2N)cc1. The number of nitrogens with two attached hydrogens (primary N) is 1. The number of nitrogens with zero attached hydrogens (tertiary/aromatic N) is 1. The molecule has 0 unspecified atom stereocenters. The largest absolute Gasteiger partial charge is 0.398 e. The van der Waals surface area contributed by atoms with Crippen molar-refractivity contribution in [3.8, 4) is 0 Å². The number of benzene rings is 2. The zero-order valence-electron chi connectivity index (χ0n) is 10.8. The van der Waals surface area contributed by atoms with E-state index in [0.717, 1.165) is 0 Å². The summed E-state index contributed by atoms with van der Waals surface area (Å²) in [5.41, 5.74) is 7.76. The average Bonchev–Trinajstić information content (AvgIpc) is 2.46. The van der Waals surface area contributed by atoms with Crippen molar-refractivity contribution >= 4 is 35.2 Å². The Hall–Kier alpha value is -2.33. The minimum Gasteiger partial charge on any atom is -0.398 e. The van der Waals surface area contributed by atoms with E-state index >= 15 is 0 Å². The lowest BCUT2D eigenvalue weighted by atomic mass is 10.0. The van der Waals surface area contributed by atoms with Crippen molar-refractivity contribution in [3.63, 3.8) is 0 Å². The maximum Gasteiger partial charge on any atom is 0.213 e. The van der Waals surface area contributed by atoms with Crippen molar-refractivity contribution in [1.82, 2.24) is 0 Å². The summed E-state index contributed by atoms with van der Waals surface area (Å²) in [5.74, 6) is -0.181. The van der Waals surface area contributed by atoms with Gasteiger partial charge in [0.05, 0.1) is 0 Å². The number of carbonyl (C=O) groups excluding carboxylic acids is 2. The number of rotatable bonds is 4. The summed E-state index contributed by atoms with van der Waals surface area (Å²) >= 11 is 5.81. The lowest BCUT2D eigenvalue weighted by Gasteiger charge is -2.11. The van der Waals surface area contributed by atoms with Gasteiger partial charge in [0.15, 0.2) is 5.78 Å². The molecule has 2 rings (SSSR count). The van der Waals surface area contributed by atoms with E-state index in [9.17, 15) is 9.59 Å². The van der Waals surface area contributed by atoms with E-state index in [1.807, 2.05) is 0 Å². The molecule has 20 heavy (non-hydrogen) atoms. The van der Waals surface area contributed by atoms with Gasteiger partial charge < -0.3 is 10.6 Å². The van der Waals surface area contributed by atoms with Crippen molar-refractivity contribution in [2.24, 2.45) is 0 Å². The van der Waals surface area contributed by atoms with Gasteiger partial charge >= 0.3 is 0 Å². The monoisotopic (exact) mass is 288 g/mol. The van der Waals surface area contributed by atoms with Crippen LogP contribution in [0.5, 0.6) is 0 Å². The Morgan fingerprint density at radius 2 is 1.85 bits per heavy atom. The minimum atomic E-state index is -0.181. The van der Waals surface area contributed by atoms with Crippen LogP contribution >= 0.6 is 11.6 Å². The predicted molar refractivity (Wildman–Crippen MR) is 80.2 cm³/mol. The van der Waals surface area contributed by atoms with Crippen molar-refractivity contribution in [2.45, 2.75) is 0 Å². The maximum absolute atomic E-state index is 12.3. The van der Waals surface area contributed by atoms with E-state index in [4.69, 9.17) is 17.3 Å². The van der Waals surface area contributed by atoms with Crippen molar-refractivity contribution in [1.29, 1.82) is 0 Å². The van der Waals surface area contributed by atoms with E-state index in [0.29, 0.717) is 33.9 Å². The van der Waals surface area contributed by atoms with Gasteiger partial charge in [-0.15, -0.1) is 0 Å². The fourth-order valence-electron chi connectivity index (χ4n) is 1.80. The highest BCUT2D eigenvalue weighted by atomic mass is 35.5. The molecule has 0 saturated carbocycles. The highest BCUT2D eigenvalue weighted by Crippen LogP contribution is 2.22. The number of ketones is 1. The van der Waals surface area contributed by atoms with Gasteiger partial charge in [0, 0.05) is 34.6 Å². The Kier molecular flexibility index (Phi) is 4.05. The molecule has 4 nitrogen and oxygen atoms in total. The molecule has 0 aliphatic heterocycles. The van der Waals surface area contributed by atoms with Crippen LogP contribution < -0.4 is 10.6 Å². The molecule has 0 heterocycles. The van der Waals surface area contributed by atoms with Gasteiger partial charge in [-0.1, -0.05) is 11.6 Å². The number of hydrogen-bond donors (Lipinski definition) is 1. The molecule has 0 aliphatic rings. The summed E-state index contributed by atoms with van der Waals surface area (Å²) in [7, 11) is 1.64. The number of halogens is 1. The molecule has 1 amide bonds. The summed E-state index contributed by atoms with van der Waals surface area (Å²) in [5, 5.41) is 0.488. The molecule has 0 atom stereocenters. The normalized spacial score (nSPS) is 10.1. The molecule has 2 aromatic carbocycles. The zero-order chi connectivity index (χ0) is 14.7. The predicted octanol–water partition coefficient (Wildman–Crippen LogP) is 2.75. The van der Waals surface area contributed by atoms with Crippen LogP contribution in [0.25, 0.3) is 0 Å². The molecule has 0 aromatic heterocycles. The van der Waals surface area contributed by atoms with Crippen molar-refractivity contribution in [2.75, 3.05) is 17.7 Å². The molecule has 102 valence electrons. The molecule has 0 fully saturated rings. The van der Waals surface area contributed by atoms with E-state index in [-0.39, 0.29) is 5.78 Å². The Morgan fingerprint density at radius 1 is 1.20 bits per heavy atom. The quantitative estimate of drug-likeness (QED) is 0.534. The summed E-state index contributed by atoms with van der Waals surface area (Å²) in [6.45, 7) is 0. The lowest BCUT2D eigenvalue weighted by Crippen LogP contribution is -2.13. The minimum absolute atomic E-state index is 0.181. The molecular formula is C15H13ClN2O2. The second-order valence-corrected chi connectivity index (χ2v) is 4.76. The molecular weight excluding hydrogens is 276 g/mol. The molecule has 2 N–H and O–H groups in total. The third kappa shape index (κ3) is 2.81. The summed E-state index contributed by atoms with van der Waals surface area (Å²) in [6, 6.07) is 11.5. The number of nitrogen functional groups attached to an aromatic ring is 1. The van der Waals surface area contributed by atoms with Crippen molar-refractivity contribution in [3.05, 3.63) is 58.6 Å². The standard InChI is InChI=1S/C15H13ClN2O2/c1-18(9-19)12-5-2-10(3-6-12)15(20)13-7-4-11(16)8-14(13)17/h2-9H,17H2,1H3. The van der Waals surface area contributed by atoms with Crippen LogP contribution in [0, 0.1) is 0 Å². The van der Waals surface area contributed by atoms with Gasteiger partial charge in [-0.25, -0.2) is 0 Å². The Morgan fingerprint density at radius 3 is 2.40 bits per heavy atom. The topological polar surface area (TPSA) is 63.4 Å². The van der Waals surface area contributed by atoms with Gasteiger partial charge in [-0.05, 0) is 42.5 Å². The number of anilines is 2. The van der Waals surface area contributed by atoms with E-state index in [2.05, 4.69) is 0 Å². The lowest BCUT2D eigenvalue weighted by molar-refractivity contribution is -0.107. The molecule has 5 heteroatoms. The van der Waals surface area contributed by atoms with Crippen LogP contribution in [0.3, 0.4) is 0 Å². The molecule has 2 aromatic rings. The molecule has 0 bridgehead atoms. The summed E-state index contributed by atoms with van der Waals surface area (Å²) < 4.78 is 0. The highest BCUT2D eigenvalue weighted by Gasteiger charge is 2.12. The van der Waals surface area contributed by atoms with E-state index in [1.165, 1.54) is 4.90 Å². The van der Waals surface area contributed by atoms with Gasteiger partial charge in [0.2, 0.25) is 6.41 Å². The van der Waals surface area contributed by atoms with Gasteiger partial charge in [-0.3, -0.25) is 9.59 Å².